The van der Waals surface area contributed by atoms with Gasteiger partial charge in [-0.25, -0.2) is 4.79 Å². The average Bonchev–Trinajstić information content (AvgIpc) is 2.28. The van der Waals surface area contributed by atoms with Gasteiger partial charge < -0.3 is 10.4 Å². The molecule has 1 aromatic rings. The van der Waals surface area contributed by atoms with Crippen molar-refractivity contribution in [1.29, 1.82) is 0 Å². The van der Waals surface area contributed by atoms with Crippen molar-refractivity contribution in [2.24, 2.45) is 0 Å². The Morgan fingerprint density at radius 1 is 1.65 bits per heavy atom. The Balaban J connectivity index is 2.82. The third-order valence-electron chi connectivity index (χ3n) is 2.15. The minimum absolute atomic E-state index is 0.0625. The van der Waals surface area contributed by atoms with Gasteiger partial charge in [-0.3, -0.25) is 9.78 Å². The molecule has 0 unspecified atom stereocenters. The molecular formula is C12H12N2O3. The minimum atomic E-state index is -1.16. The van der Waals surface area contributed by atoms with Crippen LogP contribution in [0, 0.1) is 19.3 Å². The summed E-state index contributed by atoms with van der Waals surface area (Å²) in [6.45, 7) is 1.72. The van der Waals surface area contributed by atoms with Crippen LogP contribution < -0.4 is 5.32 Å². The largest absolute Gasteiger partial charge is 0.480 e. The Kier molecular flexibility index (Phi) is 4.23. The summed E-state index contributed by atoms with van der Waals surface area (Å²) in [7, 11) is 0. The van der Waals surface area contributed by atoms with Crippen LogP contribution >= 0.6 is 0 Å². The normalized spacial score (nSPS) is 11.3. The highest BCUT2D eigenvalue weighted by Gasteiger charge is 2.20. The SMILES string of the molecule is C#CC[C@H](NC(=O)c1ncccc1C)C(=O)O. The Morgan fingerprint density at radius 3 is 2.88 bits per heavy atom. The third kappa shape index (κ3) is 3.31. The van der Waals surface area contributed by atoms with Crippen LogP contribution in [0.5, 0.6) is 0 Å². The van der Waals surface area contributed by atoms with Gasteiger partial charge in [-0.15, -0.1) is 12.3 Å². The van der Waals surface area contributed by atoms with Gasteiger partial charge in [-0.05, 0) is 18.6 Å². The molecule has 2 N–H and O–H groups in total. The highest BCUT2D eigenvalue weighted by Crippen LogP contribution is 2.04. The predicted octanol–water partition coefficient (Wildman–Crippen LogP) is 0.596. The molecule has 0 aliphatic heterocycles. The predicted molar refractivity (Wildman–Crippen MR) is 61.3 cm³/mol. The lowest BCUT2D eigenvalue weighted by molar-refractivity contribution is -0.139. The molecule has 0 aliphatic rings. The van der Waals surface area contributed by atoms with Gasteiger partial charge in [0.2, 0.25) is 0 Å². The highest BCUT2D eigenvalue weighted by atomic mass is 16.4. The number of nitrogens with zero attached hydrogens (tertiary/aromatic N) is 1. The van der Waals surface area contributed by atoms with Crippen molar-refractivity contribution in [3.05, 3.63) is 29.6 Å². The smallest absolute Gasteiger partial charge is 0.327 e. The molecule has 1 atom stereocenters. The summed E-state index contributed by atoms with van der Waals surface area (Å²) in [6, 6.07) is 2.33. The van der Waals surface area contributed by atoms with Crippen LogP contribution in [0.4, 0.5) is 0 Å². The van der Waals surface area contributed by atoms with Gasteiger partial charge in [0, 0.05) is 12.6 Å². The van der Waals surface area contributed by atoms with Crippen LogP contribution in [0.2, 0.25) is 0 Å². The van der Waals surface area contributed by atoms with E-state index in [4.69, 9.17) is 11.5 Å². The van der Waals surface area contributed by atoms with Crippen LogP contribution in [-0.2, 0) is 4.79 Å². The number of rotatable bonds is 4. The molecule has 1 rings (SSSR count). The second kappa shape index (κ2) is 5.66. The lowest BCUT2D eigenvalue weighted by atomic mass is 10.1. The topological polar surface area (TPSA) is 79.3 Å². The van der Waals surface area contributed by atoms with E-state index >= 15 is 0 Å². The minimum Gasteiger partial charge on any atom is -0.480 e. The van der Waals surface area contributed by atoms with E-state index in [1.54, 1.807) is 19.1 Å². The summed E-state index contributed by atoms with van der Waals surface area (Å²) in [6.07, 6.45) is 6.44. The van der Waals surface area contributed by atoms with Crippen LogP contribution in [-0.4, -0.2) is 28.0 Å². The number of carbonyl (C=O) groups excluding carboxylic acids is 1. The molecule has 0 saturated heterocycles. The van der Waals surface area contributed by atoms with Gasteiger partial charge >= 0.3 is 5.97 Å². The van der Waals surface area contributed by atoms with Gasteiger partial charge in [0.05, 0.1) is 0 Å². The molecule has 1 heterocycles. The number of aliphatic carboxylic acids is 1. The van der Waals surface area contributed by atoms with Gasteiger partial charge in [-0.1, -0.05) is 6.07 Å². The second-order valence-electron chi connectivity index (χ2n) is 3.44. The van der Waals surface area contributed by atoms with Crippen molar-refractivity contribution < 1.29 is 14.7 Å². The first-order chi connectivity index (χ1) is 8.06. The number of carboxylic acid groups (broad SMARTS) is 1. The maximum absolute atomic E-state index is 11.7. The van der Waals surface area contributed by atoms with E-state index < -0.39 is 17.9 Å². The molecule has 1 aromatic heterocycles. The molecule has 0 spiro atoms. The number of amides is 1. The number of hydrogen-bond donors (Lipinski definition) is 2. The van der Waals surface area contributed by atoms with Crippen molar-refractivity contribution in [3.63, 3.8) is 0 Å². The average molecular weight is 232 g/mol. The van der Waals surface area contributed by atoms with E-state index in [9.17, 15) is 9.59 Å². The number of carbonyl (C=O) groups is 2. The van der Waals surface area contributed by atoms with E-state index in [0.717, 1.165) is 0 Å². The van der Waals surface area contributed by atoms with E-state index in [0.29, 0.717) is 5.56 Å². The highest BCUT2D eigenvalue weighted by molar-refractivity contribution is 5.96. The maximum Gasteiger partial charge on any atom is 0.327 e. The molecule has 88 valence electrons. The molecule has 0 aliphatic carbocycles. The summed E-state index contributed by atoms with van der Waals surface area (Å²) in [5, 5.41) is 11.2. The Morgan fingerprint density at radius 2 is 2.35 bits per heavy atom. The van der Waals surface area contributed by atoms with E-state index in [1.807, 2.05) is 0 Å². The molecule has 0 bridgehead atoms. The van der Waals surface area contributed by atoms with Gasteiger partial charge in [0.25, 0.3) is 5.91 Å². The summed E-state index contributed by atoms with van der Waals surface area (Å²) >= 11 is 0. The summed E-state index contributed by atoms with van der Waals surface area (Å²) < 4.78 is 0. The molecular weight excluding hydrogens is 220 g/mol. The van der Waals surface area contributed by atoms with Crippen LogP contribution in [0.1, 0.15) is 22.5 Å². The number of hydrogen-bond acceptors (Lipinski definition) is 3. The zero-order chi connectivity index (χ0) is 12.8. The molecule has 5 nitrogen and oxygen atoms in total. The van der Waals surface area contributed by atoms with Gasteiger partial charge in [0.15, 0.2) is 0 Å². The van der Waals surface area contributed by atoms with Gasteiger partial charge in [-0.2, -0.15) is 0 Å². The fourth-order valence-corrected chi connectivity index (χ4v) is 1.27. The monoisotopic (exact) mass is 232 g/mol. The fourth-order valence-electron chi connectivity index (χ4n) is 1.27. The molecule has 0 saturated carbocycles. The first-order valence-electron chi connectivity index (χ1n) is 4.95. The Labute approximate surface area is 98.9 Å². The summed E-state index contributed by atoms with van der Waals surface area (Å²) in [4.78, 5) is 26.5. The lowest BCUT2D eigenvalue weighted by Gasteiger charge is -2.12. The second-order valence-corrected chi connectivity index (χ2v) is 3.44. The van der Waals surface area contributed by atoms with E-state index in [-0.39, 0.29) is 12.1 Å². The number of aryl methyl sites for hydroxylation is 1. The number of carboxylic acids is 1. The van der Waals surface area contributed by atoms with Crippen LogP contribution in [0.3, 0.4) is 0 Å². The van der Waals surface area contributed by atoms with Gasteiger partial charge in [0.1, 0.15) is 11.7 Å². The quantitative estimate of drug-likeness (QED) is 0.745. The van der Waals surface area contributed by atoms with E-state index in [2.05, 4.69) is 16.2 Å². The number of aromatic nitrogens is 1. The number of pyridine rings is 1. The third-order valence-corrected chi connectivity index (χ3v) is 2.15. The zero-order valence-corrected chi connectivity index (χ0v) is 9.30. The Bertz CT molecular complexity index is 477. The van der Waals surface area contributed by atoms with Crippen molar-refractivity contribution in [1.82, 2.24) is 10.3 Å². The molecule has 0 radical (unpaired) electrons. The molecule has 0 fully saturated rings. The summed E-state index contributed by atoms with van der Waals surface area (Å²) in [5.41, 5.74) is 0.880. The first-order valence-corrected chi connectivity index (χ1v) is 4.95. The van der Waals surface area contributed by atoms with E-state index in [1.165, 1.54) is 6.20 Å². The molecule has 0 aromatic carbocycles. The van der Waals surface area contributed by atoms with Crippen LogP contribution in [0.25, 0.3) is 0 Å². The summed E-state index contributed by atoms with van der Waals surface area (Å²) in [5.74, 6) is 0.506. The van der Waals surface area contributed by atoms with Crippen molar-refractivity contribution in [2.75, 3.05) is 0 Å². The number of terminal acetylenes is 1. The molecule has 17 heavy (non-hydrogen) atoms. The molecule has 1 amide bonds. The zero-order valence-electron chi connectivity index (χ0n) is 9.30. The maximum atomic E-state index is 11.7. The van der Waals surface area contributed by atoms with Crippen LogP contribution in [0.15, 0.2) is 18.3 Å². The first kappa shape index (κ1) is 12.7. The lowest BCUT2D eigenvalue weighted by Crippen LogP contribution is -2.41. The van der Waals surface area contributed by atoms with Crippen molar-refractivity contribution in [2.45, 2.75) is 19.4 Å². The fraction of sp³-hybridized carbons (Fsp3) is 0.250. The Hall–Kier alpha value is -2.35. The van der Waals surface area contributed by atoms with Crippen molar-refractivity contribution >= 4 is 11.9 Å². The number of nitrogens with one attached hydrogen (secondary N) is 1. The molecule has 5 heteroatoms. The van der Waals surface area contributed by atoms with Crippen molar-refractivity contribution in [3.8, 4) is 12.3 Å². The standard InChI is InChI=1S/C12H12N2O3/c1-3-5-9(12(16)17)14-11(15)10-8(2)6-4-7-13-10/h1,4,6-7,9H,5H2,2H3,(H,14,15)(H,16,17)/t9-/m0/s1.